The second-order valence-corrected chi connectivity index (χ2v) is 12.3. The van der Waals surface area contributed by atoms with Crippen molar-refractivity contribution >= 4 is 40.1 Å². The number of allylic oxidation sites excluding steroid dienone is 1. The van der Waals surface area contributed by atoms with Gasteiger partial charge in [-0.2, -0.15) is 0 Å². The van der Waals surface area contributed by atoms with Crippen molar-refractivity contribution in [2.45, 2.75) is 26.8 Å². The van der Waals surface area contributed by atoms with Gasteiger partial charge in [0, 0.05) is 20.4 Å². The van der Waals surface area contributed by atoms with Crippen molar-refractivity contribution in [3.63, 3.8) is 0 Å². The fourth-order valence-corrected chi connectivity index (χ4v) is 9.10. The van der Waals surface area contributed by atoms with E-state index >= 15 is 0 Å². The maximum Gasteiger partial charge on any atom is 0.356 e. The molecule has 3 aromatic rings. The van der Waals surface area contributed by atoms with Crippen LogP contribution in [0, 0.1) is 0 Å². The van der Waals surface area contributed by atoms with Gasteiger partial charge in [0.2, 0.25) is 5.91 Å². The Morgan fingerprint density at radius 1 is 0.923 bits per heavy atom. The summed E-state index contributed by atoms with van der Waals surface area (Å²) in [7, 11) is 0. The normalized spacial score (nSPS) is 12.6. The number of esters is 1. The average Bonchev–Trinajstić information content (AvgIpc) is 2.97. The van der Waals surface area contributed by atoms with E-state index < -0.39 is 18.9 Å². The quantitative estimate of drug-likeness (QED) is 0.168. The van der Waals surface area contributed by atoms with Gasteiger partial charge >= 0.3 is 5.97 Å². The molecule has 0 fully saturated rings. The molecule has 6 heteroatoms. The summed E-state index contributed by atoms with van der Waals surface area (Å²) in [6.07, 6.45) is 7.27. The van der Waals surface area contributed by atoms with Gasteiger partial charge in [0.1, 0.15) is 12.0 Å². The molecule has 0 saturated heterocycles. The molecule has 3 aromatic carbocycles. The van der Waals surface area contributed by atoms with Crippen LogP contribution < -0.4 is 21.6 Å². The molecule has 0 aliphatic heterocycles. The number of amides is 1. The maximum atomic E-state index is 14.2. The van der Waals surface area contributed by atoms with Crippen LogP contribution in [0.1, 0.15) is 20.8 Å². The molecule has 0 spiro atoms. The third-order valence-corrected chi connectivity index (χ3v) is 10.7. The molecule has 1 atom stereocenters. The molecule has 0 heterocycles. The molecule has 3 rings (SSSR count). The van der Waals surface area contributed by atoms with Crippen LogP contribution in [0.3, 0.4) is 0 Å². The Kier molecular flexibility index (Phi) is 10.9. The van der Waals surface area contributed by atoms with Gasteiger partial charge in [-0.3, -0.25) is 9.69 Å². The molecule has 1 amide bonds. The predicted molar refractivity (Wildman–Crippen MR) is 165 cm³/mol. The number of carbonyl (C=O) groups excluding carboxylic acids is 2. The van der Waals surface area contributed by atoms with E-state index in [-0.39, 0.29) is 12.5 Å². The molecule has 39 heavy (non-hydrogen) atoms. The zero-order valence-electron chi connectivity index (χ0n) is 22.9. The summed E-state index contributed by atoms with van der Waals surface area (Å²) in [5.74, 6) is -0.819. The molecule has 1 unspecified atom stereocenters. The fourth-order valence-electron chi connectivity index (χ4n) is 4.62. The van der Waals surface area contributed by atoms with E-state index in [9.17, 15) is 9.59 Å². The molecule has 0 radical (unpaired) electrons. The first-order valence-electron chi connectivity index (χ1n) is 13.0. The molecule has 5 nitrogen and oxygen atoms in total. The lowest BCUT2D eigenvalue weighted by molar-refractivity contribution is -0.137. The number of carbonyl (C=O) groups is 2. The van der Waals surface area contributed by atoms with Crippen molar-refractivity contribution < 1.29 is 14.3 Å². The highest BCUT2D eigenvalue weighted by Gasteiger charge is 2.39. The Morgan fingerprint density at radius 3 is 1.74 bits per heavy atom. The number of nitrogens with two attached hydrogens (primary N) is 1. The summed E-state index contributed by atoms with van der Waals surface area (Å²) in [5.41, 5.74) is 7.12. The molecule has 0 aliphatic carbocycles. The van der Waals surface area contributed by atoms with Crippen LogP contribution in [-0.4, -0.2) is 41.4 Å². The molecule has 0 saturated carbocycles. The van der Waals surface area contributed by atoms with E-state index in [1.807, 2.05) is 123 Å². The van der Waals surface area contributed by atoms with Crippen LogP contribution in [0.4, 0.5) is 0 Å². The number of ether oxygens (including phenoxy) is 1. The van der Waals surface area contributed by atoms with Crippen molar-refractivity contribution in [2.75, 3.05) is 13.2 Å². The topological polar surface area (TPSA) is 72.6 Å². The third kappa shape index (κ3) is 6.57. The molecule has 2 N–H and O–H groups in total. The number of hydrogen-bond donors (Lipinski definition) is 1. The molecule has 0 aromatic heterocycles. The van der Waals surface area contributed by atoms with E-state index in [0.717, 1.165) is 21.5 Å². The minimum absolute atomic E-state index is 0.0204. The van der Waals surface area contributed by atoms with Gasteiger partial charge in [-0.25, -0.2) is 4.79 Å². The summed E-state index contributed by atoms with van der Waals surface area (Å²) in [4.78, 5) is 29.4. The Hall–Kier alpha value is -3.92. The van der Waals surface area contributed by atoms with Gasteiger partial charge in [0.25, 0.3) is 0 Å². The minimum Gasteiger partial charge on any atom is -0.457 e. The third-order valence-electron chi connectivity index (χ3n) is 6.43. The lowest BCUT2D eigenvalue weighted by Crippen LogP contribution is -2.49. The molecule has 0 aliphatic rings. The Bertz CT molecular complexity index is 1280. The van der Waals surface area contributed by atoms with Gasteiger partial charge in [-0.15, -0.1) is 0 Å². The summed E-state index contributed by atoms with van der Waals surface area (Å²) in [6, 6.07) is 29.3. The van der Waals surface area contributed by atoms with Crippen LogP contribution in [0.15, 0.2) is 127 Å². The standard InChI is InChI=1S/C33H37N2O3P/c1-5-24-38-33(37)32(35(27(4)36)26(3)22-23-28(6-2)25-34)39(29-16-10-7-11-17-29,30-18-12-8-13-19-30)31-20-14-9-15-21-31/h5-23,26H,1,24-25,34H2,2-4H3/b23-22+,28-6+. The Morgan fingerprint density at radius 2 is 1.38 bits per heavy atom. The second-order valence-electron chi connectivity index (χ2n) is 8.94. The van der Waals surface area contributed by atoms with Crippen molar-refractivity contribution in [1.29, 1.82) is 0 Å². The van der Waals surface area contributed by atoms with Gasteiger partial charge in [-0.05, 0) is 35.3 Å². The zero-order chi connectivity index (χ0) is 28.3. The average molecular weight is 541 g/mol. The van der Waals surface area contributed by atoms with Crippen LogP contribution in [-0.2, 0) is 14.3 Å². The van der Waals surface area contributed by atoms with Crippen LogP contribution in [0.2, 0.25) is 0 Å². The highest BCUT2D eigenvalue weighted by Crippen LogP contribution is 2.47. The Labute approximate surface area is 232 Å². The number of rotatable bonds is 11. The Balaban J connectivity index is 2.59. The van der Waals surface area contributed by atoms with Gasteiger partial charge in [-0.1, -0.05) is 122 Å². The SMILES string of the molecule is C=CCOC(=O)C(N(C(C)=O)C(C)/C=C/C(=C\C)CN)=P(c1ccccc1)(c1ccccc1)c1ccccc1. The summed E-state index contributed by atoms with van der Waals surface area (Å²) in [6.45, 7) is 6.47. The van der Waals surface area contributed by atoms with Gasteiger partial charge < -0.3 is 10.5 Å². The highest BCUT2D eigenvalue weighted by atomic mass is 31.2. The van der Waals surface area contributed by atoms with Gasteiger partial charge in [0.15, 0.2) is 0 Å². The highest BCUT2D eigenvalue weighted by molar-refractivity contribution is 7.96. The van der Waals surface area contributed by atoms with E-state index in [2.05, 4.69) is 6.58 Å². The number of nitrogens with zero attached hydrogens (tertiary/aromatic N) is 1. The minimum atomic E-state index is -2.95. The first kappa shape index (κ1) is 29.6. The maximum absolute atomic E-state index is 14.2. The zero-order valence-corrected chi connectivity index (χ0v) is 23.8. The summed E-state index contributed by atoms with van der Waals surface area (Å²) in [5, 5.41) is 2.81. The predicted octanol–water partition coefficient (Wildman–Crippen LogP) is 4.54. The molecular formula is C33H37N2O3P. The van der Waals surface area contributed by atoms with E-state index in [1.165, 1.54) is 13.0 Å². The van der Waals surface area contributed by atoms with E-state index in [0.29, 0.717) is 12.0 Å². The first-order valence-corrected chi connectivity index (χ1v) is 14.7. The van der Waals surface area contributed by atoms with Crippen molar-refractivity contribution in [3.05, 3.63) is 127 Å². The largest absolute Gasteiger partial charge is 0.457 e. The van der Waals surface area contributed by atoms with Crippen LogP contribution in [0.25, 0.3) is 0 Å². The van der Waals surface area contributed by atoms with Crippen LogP contribution >= 0.6 is 6.89 Å². The molecule has 0 bridgehead atoms. The van der Waals surface area contributed by atoms with E-state index in [1.54, 1.807) is 4.90 Å². The number of hydrogen-bond acceptors (Lipinski definition) is 4. The monoisotopic (exact) mass is 540 g/mol. The smallest absolute Gasteiger partial charge is 0.356 e. The van der Waals surface area contributed by atoms with Crippen molar-refractivity contribution in [1.82, 2.24) is 4.90 Å². The first-order chi connectivity index (χ1) is 18.9. The van der Waals surface area contributed by atoms with Crippen molar-refractivity contribution in [2.24, 2.45) is 5.73 Å². The van der Waals surface area contributed by atoms with Crippen LogP contribution in [0.5, 0.6) is 0 Å². The molecular weight excluding hydrogens is 503 g/mol. The lowest BCUT2D eigenvalue weighted by atomic mass is 10.2. The second kappa shape index (κ2) is 14.3. The van der Waals surface area contributed by atoms with Gasteiger partial charge in [0.05, 0.1) is 6.04 Å². The summed E-state index contributed by atoms with van der Waals surface area (Å²) >= 11 is 0. The fraction of sp³-hybridized carbons (Fsp3) is 0.182. The van der Waals surface area contributed by atoms with E-state index in [4.69, 9.17) is 10.5 Å². The molecule has 202 valence electrons. The lowest BCUT2D eigenvalue weighted by Gasteiger charge is -2.37. The number of benzene rings is 3. The summed E-state index contributed by atoms with van der Waals surface area (Å²) < 4.78 is 5.76. The van der Waals surface area contributed by atoms with Crippen molar-refractivity contribution in [3.8, 4) is 0 Å².